The van der Waals surface area contributed by atoms with Gasteiger partial charge in [-0.2, -0.15) is 0 Å². The fraction of sp³-hybridized carbons (Fsp3) is 0.500. The minimum atomic E-state index is -0.967. The molecule has 1 fully saturated rings. The molecule has 0 amide bonds. The van der Waals surface area contributed by atoms with Crippen LogP contribution in [0.5, 0.6) is 5.75 Å². The Hall–Kier alpha value is -2.04. The predicted octanol–water partition coefficient (Wildman–Crippen LogP) is 2.68. The molecule has 1 aromatic rings. The van der Waals surface area contributed by atoms with E-state index in [0.29, 0.717) is 18.6 Å². The molecule has 1 aliphatic carbocycles. The first-order valence-corrected chi connectivity index (χ1v) is 7.09. The molecule has 0 aromatic heterocycles. The summed E-state index contributed by atoms with van der Waals surface area (Å²) in [5.74, 6) is -1.94. The van der Waals surface area contributed by atoms with E-state index in [9.17, 15) is 19.8 Å². The Morgan fingerprint density at radius 3 is 2.71 bits per heavy atom. The van der Waals surface area contributed by atoms with E-state index in [1.165, 1.54) is 0 Å². The summed E-state index contributed by atoms with van der Waals surface area (Å²) in [4.78, 5) is 23.0. The van der Waals surface area contributed by atoms with Gasteiger partial charge >= 0.3 is 11.9 Å². The molecule has 5 nitrogen and oxygen atoms in total. The summed E-state index contributed by atoms with van der Waals surface area (Å²) in [6.45, 7) is 0. The van der Waals surface area contributed by atoms with Crippen LogP contribution in [0.3, 0.4) is 0 Å². The number of methoxy groups -OCH3 is 1. The maximum absolute atomic E-state index is 11.7. The van der Waals surface area contributed by atoms with Gasteiger partial charge in [0.15, 0.2) is 0 Å². The summed E-state index contributed by atoms with van der Waals surface area (Å²) >= 11 is 0. The summed E-state index contributed by atoms with van der Waals surface area (Å²) in [5.41, 5.74) is -0.110. The number of carboxylic acid groups (broad SMARTS) is 2. The molecule has 1 aromatic carbocycles. The lowest BCUT2D eigenvalue weighted by Gasteiger charge is -2.41. The third kappa shape index (κ3) is 3.01. The second-order valence-electron chi connectivity index (χ2n) is 5.60. The molecule has 0 heterocycles. The molecule has 0 bridgehead atoms. The number of benzene rings is 1. The zero-order chi connectivity index (χ0) is 15.5. The molecule has 0 saturated heterocycles. The molecule has 5 heteroatoms. The summed E-state index contributed by atoms with van der Waals surface area (Å²) in [5, 5.41) is 18.8. The van der Waals surface area contributed by atoms with Gasteiger partial charge in [-0.05, 0) is 30.5 Å². The van der Waals surface area contributed by atoms with E-state index >= 15 is 0 Å². The van der Waals surface area contributed by atoms with Gasteiger partial charge in [0.2, 0.25) is 0 Å². The largest absolute Gasteiger partial charge is 0.497 e. The molecule has 0 unspecified atom stereocenters. The Morgan fingerprint density at radius 2 is 2.10 bits per heavy atom. The fourth-order valence-electron chi connectivity index (χ4n) is 3.46. The van der Waals surface area contributed by atoms with Crippen LogP contribution in [0.1, 0.15) is 37.7 Å². The Bertz CT molecular complexity index is 539. The summed E-state index contributed by atoms with van der Waals surface area (Å²) in [6, 6.07) is 7.14. The number of carbonyl (C=O) groups is 2. The average Bonchev–Trinajstić information content (AvgIpc) is 2.47. The SMILES string of the molecule is COc1cccc([C@@]2(CC(=O)O)CCCC[C@H]2C(=O)O)c1. The summed E-state index contributed by atoms with van der Waals surface area (Å²) in [7, 11) is 1.54. The van der Waals surface area contributed by atoms with Gasteiger partial charge in [0, 0.05) is 5.41 Å². The standard InChI is InChI=1S/C16H20O5/c1-21-12-6-4-5-11(9-12)16(10-14(17)18)8-3-2-7-13(16)15(19)20/h4-6,9,13H,2-3,7-8,10H2,1H3,(H,17,18)(H,19,20)/t13-,16-/m0/s1. The van der Waals surface area contributed by atoms with Gasteiger partial charge in [0.25, 0.3) is 0 Å². The third-order valence-electron chi connectivity index (χ3n) is 4.44. The number of hydrogen-bond donors (Lipinski definition) is 2. The van der Waals surface area contributed by atoms with Crippen LogP contribution in [-0.2, 0) is 15.0 Å². The molecule has 1 aliphatic rings. The lowest BCUT2D eigenvalue weighted by atomic mass is 9.61. The molecule has 21 heavy (non-hydrogen) atoms. The Labute approximate surface area is 123 Å². The number of ether oxygens (including phenoxy) is 1. The zero-order valence-corrected chi connectivity index (χ0v) is 12.0. The average molecular weight is 292 g/mol. The minimum absolute atomic E-state index is 0.170. The summed E-state index contributed by atoms with van der Waals surface area (Å²) < 4.78 is 5.20. The minimum Gasteiger partial charge on any atom is -0.497 e. The molecule has 2 atom stereocenters. The monoisotopic (exact) mass is 292 g/mol. The second kappa shape index (κ2) is 6.16. The topological polar surface area (TPSA) is 83.8 Å². The first kappa shape index (κ1) is 15.4. The molecule has 2 rings (SSSR count). The number of aliphatic carboxylic acids is 2. The normalized spacial score (nSPS) is 25.3. The highest BCUT2D eigenvalue weighted by atomic mass is 16.5. The smallest absolute Gasteiger partial charge is 0.307 e. The number of rotatable bonds is 5. The van der Waals surface area contributed by atoms with E-state index in [-0.39, 0.29) is 6.42 Å². The summed E-state index contributed by atoms with van der Waals surface area (Å²) in [6.07, 6.45) is 2.58. The van der Waals surface area contributed by atoms with Gasteiger partial charge in [0.1, 0.15) is 5.75 Å². The number of carboxylic acids is 2. The van der Waals surface area contributed by atoms with Crippen LogP contribution in [0, 0.1) is 5.92 Å². The van der Waals surface area contributed by atoms with Gasteiger partial charge < -0.3 is 14.9 Å². The van der Waals surface area contributed by atoms with E-state index in [4.69, 9.17) is 4.74 Å². The van der Waals surface area contributed by atoms with Crippen LogP contribution >= 0.6 is 0 Å². The van der Waals surface area contributed by atoms with Crippen molar-refractivity contribution in [2.24, 2.45) is 5.92 Å². The Kier molecular flexibility index (Phi) is 4.50. The fourth-order valence-corrected chi connectivity index (χ4v) is 3.46. The maximum Gasteiger partial charge on any atom is 0.307 e. The van der Waals surface area contributed by atoms with Crippen molar-refractivity contribution in [1.82, 2.24) is 0 Å². The zero-order valence-electron chi connectivity index (χ0n) is 12.0. The van der Waals surface area contributed by atoms with E-state index < -0.39 is 23.3 Å². The second-order valence-corrected chi connectivity index (χ2v) is 5.60. The van der Waals surface area contributed by atoms with E-state index in [0.717, 1.165) is 18.4 Å². The highest BCUT2D eigenvalue weighted by Gasteiger charge is 2.47. The molecule has 114 valence electrons. The van der Waals surface area contributed by atoms with Crippen molar-refractivity contribution in [3.63, 3.8) is 0 Å². The predicted molar refractivity (Wildman–Crippen MR) is 76.5 cm³/mol. The van der Waals surface area contributed by atoms with Crippen LogP contribution in [-0.4, -0.2) is 29.3 Å². The van der Waals surface area contributed by atoms with E-state index in [1.54, 1.807) is 25.3 Å². The van der Waals surface area contributed by atoms with Crippen LogP contribution < -0.4 is 4.74 Å². The van der Waals surface area contributed by atoms with Gasteiger partial charge in [-0.25, -0.2) is 0 Å². The Morgan fingerprint density at radius 1 is 1.33 bits per heavy atom. The van der Waals surface area contributed by atoms with Crippen LogP contribution in [0.4, 0.5) is 0 Å². The molecule has 0 spiro atoms. The van der Waals surface area contributed by atoms with E-state index in [2.05, 4.69) is 0 Å². The first-order valence-electron chi connectivity index (χ1n) is 7.09. The van der Waals surface area contributed by atoms with Gasteiger partial charge in [-0.3, -0.25) is 9.59 Å². The third-order valence-corrected chi connectivity index (χ3v) is 4.44. The molecule has 1 saturated carbocycles. The highest BCUT2D eigenvalue weighted by molar-refractivity contribution is 5.76. The van der Waals surface area contributed by atoms with Crippen LogP contribution in [0.2, 0.25) is 0 Å². The number of hydrogen-bond acceptors (Lipinski definition) is 3. The lowest BCUT2D eigenvalue weighted by Crippen LogP contribution is -2.44. The van der Waals surface area contributed by atoms with Crippen molar-refractivity contribution < 1.29 is 24.5 Å². The maximum atomic E-state index is 11.7. The van der Waals surface area contributed by atoms with Gasteiger partial charge in [-0.15, -0.1) is 0 Å². The van der Waals surface area contributed by atoms with Crippen LogP contribution in [0.25, 0.3) is 0 Å². The van der Waals surface area contributed by atoms with Crippen molar-refractivity contribution in [3.05, 3.63) is 29.8 Å². The molecule has 0 aliphatic heterocycles. The van der Waals surface area contributed by atoms with Gasteiger partial charge in [-0.1, -0.05) is 25.0 Å². The van der Waals surface area contributed by atoms with Gasteiger partial charge in [0.05, 0.1) is 19.4 Å². The molecule has 0 radical (unpaired) electrons. The molecular formula is C16H20O5. The van der Waals surface area contributed by atoms with Crippen LogP contribution in [0.15, 0.2) is 24.3 Å². The van der Waals surface area contributed by atoms with Crippen molar-refractivity contribution in [3.8, 4) is 5.75 Å². The van der Waals surface area contributed by atoms with Crippen molar-refractivity contribution in [2.75, 3.05) is 7.11 Å². The quantitative estimate of drug-likeness (QED) is 0.871. The lowest BCUT2D eigenvalue weighted by molar-refractivity contribution is -0.148. The van der Waals surface area contributed by atoms with Crippen molar-refractivity contribution >= 4 is 11.9 Å². The highest BCUT2D eigenvalue weighted by Crippen LogP contribution is 2.47. The Balaban J connectivity index is 2.53. The van der Waals surface area contributed by atoms with Crippen molar-refractivity contribution in [1.29, 1.82) is 0 Å². The van der Waals surface area contributed by atoms with E-state index in [1.807, 2.05) is 6.07 Å². The first-order chi connectivity index (χ1) is 9.99. The molecular weight excluding hydrogens is 272 g/mol. The molecule has 2 N–H and O–H groups in total. The van der Waals surface area contributed by atoms with Crippen molar-refractivity contribution in [2.45, 2.75) is 37.5 Å².